The Morgan fingerprint density at radius 3 is 3.00 bits per heavy atom. The van der Waals surface area contributed by atoms with E-state index in [9.17, 15) is 4.79 Å². The van der Waals surface area contributed by atoms with Crippen LogP contribution in [-0.4, -0.2) is 17.7 Å². The Morgan fingerprint density at radius 2 is 2.24 bits per heavy atom. The molecule has 3 nitrogen and oxygen atoms in total. The van der Waals surface area contributed by atoms with E-state index in [0.717, 1.165) is 25.2 Å². The lowest BCUT2D eigenvalue weighted by Crippen LogP contribution is -2.45. The lowest BCUT2D eigenvalue weighted by Gasteiger charge is -2.38. The highest BCUT2D eigenvalue weighted by atomic mass is 35.5. The van der Waals surface area contributed by atoms with Gasteiger partial charge in [-0.05, 0) is 30.5 Å². The highest BCUT2D eigenvalue weighted by Crippen LogP contribution is 2.33. The van der Waals surface area contributed by atoms with E-state index in [0.29, 0.717) is 11.8 Å². The van der Waals surface area contributed by atoms with Gasteiger partial charge in [0.2, 0.25) is 0 Å². The Hall–Kier alpha value is -1.06. The van der Waals surface area contributed by atoms with E-state index in [4.69, 9.17) is 0 Å². The third kappa shape index (κ3) is 1.94. The molecule has 0 radical (unpaired) electrons. The summed E-state index contributed by atoms with van der Waals surface area (Å²) in [4.78, 5) is 11.9. The molecular weight excluding hydrogens is 236 g/mol. The molecular formula is C13H17ClN2O. The van der Waals surface area contributed by atoms with Crippen molar-refractivity contribution in [3.63, 3.8) is 0 Å². The van der Waals surface area contributed by atoms with Crippen molar-refractivity contribution in [2.45, 2.75) is 18.9 Å². The molecule has 0 aliphatic carbocycles. The number of aromatic nitrogens is 1. The van der Waals surface area contributed by atoms with Crippen molar-refractivity contribution in [1.29, 1.82) is 0 Å². The van der Waals surface area contributed by atoms with E-state index >= 15 is 0 Å². The fourth-order valence-corrected chi connectivity index (χ4v) is 3.06. The van der Waals surface area contributed by atoms with Crippen LogP contribution < -0.4 is 10.9 Å². The summed E-state index contributed by atoms with van der Waals surface area (Å²) in [5.41, 5.74) is 2.44. The molecule has 2 atom stereocenters. The Labute approximate surface area is 107 Å². The van der Waals surface area contributed by atoms with Crippen LogP contribution in [0.25, 0.3) is 6.08 Å². The van der Waals surface area contributed by atoms with Crippen LogP contribution in [0.3, 0.4) is 0 Å². The molecule has 2 bridgehead atoms. The van der Waals surface area contributed by atoms with Gasteiger partial charge in [-0.25, -0.2) is 0 Å². The van der Waals surface area contributed by atoms with Gasteiger partial charge in [-0.2, -0.15) is 0 Å². The first-order valence-corrected chi connectivity index (χ1v) is 5.86. The fraction of sp³-hybridized carbons (Fsp3) is 0.462. The van der Waals surface area contributed by atoms with Gasteiger partial charge in [-0.3, -0.25) is 4.79 Å². The van der Waals surface area contributed by atoms with E-state index < -0.39 is 0 Å². The standard InChI is InChI=1S/C13H16N2O.ClH/c1-2-10-3-4-12(16)15-8-9-5-11(13(10)15)7-14-6-9;/h2-4,9,11,14H,1,5-8H2;1H. The van der Waals surface area contributed by atoms with E-state index in [1.165, 1.54) is 12.1 Å². The molecule has 92 valence electrons. The van der Waals surface area contributed by atoms with Gasteiger partial charge in [0.15, 0.2) is 0 Å². The average molecular weight is 253 g/mol. The van der Waals surface area contributed by atoms with Crippen LogP contribution in [0.4, 0.5) is 0 Å². The van der Waals surface area contributed by atoms with E-state index in [2.05, 4.69) is 11.9 Å². The molecule has 0 spiro atoms. The molecule has 3 heterocycles. The molecule has 1 N–H and O–H groups in total. The number of piperidine rings is 1. The van der Waals surface area contributed by atoms with Gasteiger partial charge in [-0.1, -0.05) is 12.7 Å². The Kier molecular flexibility index (Phi) is 3.40. The van der Waals surface area contributed by atoms with Gasteiger partial charge in [0, 0.05) is 30.8 Å². The van der Waals surface area contributed by atoms with Gasteiger partial charge in [0.25, 0.3) is 5.56 Å². The summed E-state index contributed by atoms with van der Waals surface area (Å²) in [5.74, 6) is 1.10. The first kappa shape index (κ1) is 12.4. The number of hydrogen-bond donors (Lipinski definition) is 1. The van der Waals surface area contributed by atoms with Crippen LogP contribution in [0.2, 0.25) is 0 Å². The number of nitrogens with one attached hydrogen (secondary N) is 1. The first-order chi connectivity index (χ1) is 7.79. The Bertz CT molecular complexity index is 495. The van der Waals surface area contributed by atoms with Crippen LogP contribution in [-0.2, 0) is 6.54 Å². The number of nitrogens with zero attached hydrogens (tertiary/aromatic N) is 1. The molecule has 4 heteroatoms. The predicted octanol–water partition coefficient (Wildman–Crippen LogP) is 1.62. The van der Waals surface area contributed by atoms with E-state index in [1.807, 2.05) is 16.7 Å². The molecule has 2 aliphatic heterocycles. The van der Waals surface area contributed by atoms with Crippen molar-refractivity contribution in [1.82, 2.24) is 9.88 Å². The van der Waals surface area contributed by atoms with Gasteiger partial charge in [-0.15, -0.1) is 12.4 Å². The summed E-state index contributed by atoms with van der Waals surface area (Å²) in [6.07, 6.45) is 3.07. The second-order valence-corrected chi connectivity index (χ2v) is 4.78. The van der Waals surface area contributed by atoms with Crippen molar-refractivity contribution < 1.29 is 0 Å². The summed E-state index contributed by atoms with van der Waals surface area (Å²) in [6, 6.07) is 3.56. The molecule has 0 saturated carbocycles. The van der Waals surface area contributed by atoms with E-state index in [1.54, 1.807) is 6.07 Å². The van der Waals surface area contributed by atoms with Crippen molar-refractivity contribution in [3.8, 4) is 0 Å². The molecule has 1 aromatic heterocycles. The third-order valence-electron chi connectivity index (χ3n) is 3.75. The quantitative estimate of drug-likeness (QED) is 0.824. The number of halogens is 1. The third-order valence-corrected chi connectivity index (χ3v) is 3.75. The lowest BCUT2D eigenvalue weighted by atomic mass is 9.82. The van der Waals surface area contributed by atoms with Crippen LogP contribution in [0.5, 0.6) is 0 Å². The number of fused-ring (bicyclic) bond motifs is 4. The van der Waals surface area contributed by atoms with Crippen LogP contribution in [0.1, 0.15) is 23.6 Å². The normalized spacial score (nSPS) is 25.6. The van der Waals surface area contributed by atoms with Gasteiger partial charge in [0.05, 0.1) is 0 Å². The minimum Gasteiger partial charge on any atom is -0.316 e. The molecule has 1 aromatic rings. The van der Waals surface area contributed by atoms with Gasteiger partial charge >= 0.3 is 0 Å². The second kappa shape index (κ2) is 4.67. The number of pyridine rings is 1. The molecule has 3 rings (SSSR count). The van der Waals surface area contributed by atoms with Crippen molar-refractivity contribution in [2.75, 3.05) is 13.1 Å². The average Bonchev–Trinajstić information content (AvgIpc) is 2.31. The predicted molar refractivity (Wildman–Crippen MR) is 71.8 cm³/mol. The topological polar surface area (TPSA) is 34.0 Å². The van der Waals surface area contributed by atoms with Crippen molar-refractivity contribution in [3.05, 3.63) is 40.3 Å². The monoisotopic (exact) mass is 252 g/mol. The molecule has 0 amide bonds. The van der Waals surface area contributed by atoms with Gasteiger partial charge < -0.3 is 9.88 Å². The summed E-state index contributed by atoms with van der Waals surface area (Å²) in [6.45, 7) is 6.73. The van der Waals surface area contributed by atoms with Crippen LogP contribution >= 0.6 is 12.4 Å². The summed E-state index contributed by atoms with van der Waals surface area (Å²) < 4.78 is 1.96. The summed E-state index contributed by atoms with van der Waals surface area (Å²) in [5, 5.41) is 3.45. The molecule has 2 unspecified atom stereocenters. The molecule has 0 aromatic carbocycles. The fourth-order valence-electron chi connectivity index (χ4n) is 3.06. The molecule has 17 heavy (non-hydrogen) atoms. The first-order valence-electron chi connectivity index (χ1n) is 5.86. The zero-order valence-electron chi connectivity index (χ0n) is 9.69. The highest BCUT2D eigenvalue weighted by molar-refractivity contribution is 5.85. The lowest BCUT2D eigenvalue weighted by molar-refractivity contribution is 0.257. The van der Waals surface area contributed by atoms with Crippen molar-refractivity contribution >= 4 is 18.5 Å². The van der Waals surface area contributed by atoms with Crippen LogP contribution in [0, 0.1) is 5.92 Å². The molecule has 2 aliphatic rings. The smallest absolute Gasteiger partial charge is 0.250 e. The summed E-state index contributed by atoms with van der Waals surface area (Å²) >= 11 is 0. The number of hydrogen-bond acceptors (Lipinski definition) is 2. The Morgan fingerprint density at radius 1 is 1.41 bits per heavy atom. The zero-order chi connectivity index (χ0) is 11.1. The minimum atomic E-state index is 0. The SMILES string of the molecule is C=Cc1ccc(=O)n2c1C1CNCC(C1)C2.Cl. The maximum absolute atomic E-state index is 11.9. The summed E-state index contributed by atoms with van der Waals surface area (Å²) in [7, 11) is 0. The maximum Gasteiger partial charge on any atom is 0.250 e. The van der Waals surface area contributed by atoms with Crippen molar-refractivity contribution in [2.24, 2.45) is 5.92 Å². The minimum absolute atomic E-state index is 0. The van der Waals surface area contributed by atoms with E-state index in [-0.39, 0.29) is 18.0 Å². The van der Waals surface area contributed by atoms with Crippen LogP contribution in [0.15, 0.2) is 23.5 Å². The zero-order valence-corrected chi connectivity index (χ0v) is 10.5. The largest absolute Gasteiger partial charge is 0.316 e. The second-order valence-electron chi connectivity index (χ2n) is 4.78. The highest BCUT2D eigenvalue weighted by Gasteiger charge is 2.31. The maximum atomic E-state index is 11.9. The van der Waals surface area contributed by atoms with Gasteiger partial charge in [0.1, 0.15) is 0 Å². The number of rotatable bonds is 1. The molecule has 1 fully saturated rings. The molecule has 1 saturated heterocycles. The Balaban J connectivity index is 0.00000108.